The number of fused-ring (bicyclic) bond motifs is 1. The van der Waals surface area contributed by atoms with Crippen LogP contribution in [0.25, 0.3) is 11.0 Å². The Balaban J connectivity index is 0.00000192. The van der Waals surface area contributed by atoms with E-state index in [0.29, 0.717) is 12.8 Å². The summed E-state index contributed by atoms with van der Waals surface area (Å²) in [5.74, 6) is 0.694. The number of halogens is 1. The second-order valence-electron chi connectivity index (χ2n) is 5.83. The van der Waals surface area contributed by atoms with Crippen molar-refractivity contribution in [1.82, 2.24) is 10.6 Å². The SMILES string of the molecule is COC1(C(=O)NC(C)c2cc3ccccc3o2)CCNCC1.Cl. The van der Waals surface area contributed by atoms with Crippen molar-refractivity contribution in [1.29, 1.82) is 0 Å². The van der Waals surface area contributed by atoms with Gasteiger partial charge in [0.1, 0.15) is 16.9 Å². The molecule has 1 atom stereocenters. The molecule has 0 saturated carbocycles. The van der Waals surface area contributed by atoms with Gasteiger partial charge in [-0.2, -0.15) is 0 Å². The summed E-state index contributed by atoms with van der Waals surface area (Å²) < 4.78 is 11.4. The van der Waals surface area contributed by atoms with Crippen LogP contribution in [0.2, 0.25) is 0 Å². The Labute approximate surface area is 142 Å². The van der Waals surface area contributed by atoms with Gasteiger partial charge in [-0.3, -0.25) is 4.79 Å². The molecule has 0 radical (unpaired) electrons. The first kappa shape index (κ1) is 17.8. The maximum Gasteiger partial charge on any atom is 0.252 e. The number of ether oxygens (including phenoxy) is 1. The van der Waals surface area contributed by atoms with Gasteiger partial charge in [0.25, 0.3) is 5.91 Å². The minimum absolute atomic E-state index is 0. The summed E-state index contributed by atoms with van der Waals surface area (Å²) in [4.78, 5) is 12.6. The molecule has 0 bridgehead atoms. The van der Waals surface area contributed by atoms with Crippen molar-refractivity contribution in [3.63, 3.8) is 0 Å². The number of benzene rings is 1. The molecule has 1 aromatic carbocycles. The van der Waals surface area contributed by atoms with E-state index in [0.717, 1.165) is 29.8 Å². The largest absolute Gasteiger partial charge is 0.459 e. The molecule has 2 heterocycles. The predicted octanol–water partition coefficient (Wildman–Crippen LogP) is 2.80. The maximum absolute atomic E-state index is 12.6. The van der Waals surface area contributed by atoms with Gasteiger partial charge in [0.15, 0.2) is 0 Å². The zero-order chi connectivity index (χ0) is 15.6. The normalized spacial score (nSPS) is 18.2. The number of methoxy groups -OCH3 is 1. The van der Waals surface area contributed by atoms with E-state index in [-0.39, 0.29) is 24.4 Å². The average molecular weight is 339 g/mol. The number of carbonyl (C=O) groups excluding carboxylic acids is 1. The Morgan fingerprint density at radius 3 is 2.70 bits per heavy atom. The standard InChI is InChI=1S/C17H22N2O3.ClH/c1-12(15-11-13-5-3-4-6-14(13)22-15)19-16(20)17(21-2)7-9-18-10-8-17;/h3-6,11-12,18H,7-10H2,1-2H3,(H,19,20);1H. The highest BCUT2D eigenvalue weighted by atomic mass is 35.5. The summed E-state index contributed by atoms with van der Waals surface area (Å²) in [7, 11) is 1.61. The molecule has 126 valence electrons. The molecule has 1 aromatic heterocycles. The molecule has 23 heavy (non-hydrogen) atoms. The zero-order valence-electron chi connectivity index (χ0n) is 13.4. The summed E-state index contributed by atoms with van der Waals surface area (Å²) in [6.07, 6.45) is 1.37. The van der Waals surface area contributed by atoms with Crippen molar-refractivity contribution in [2.24, 2.45) is 0 Å². The van der Waals surface area contributed by atoms with Crippen LogP contribution in [0.4, 0.5) is 0 Å². The molecule has 1 aliphatic rings. The number of hydrogen-bond acceptors (Lipinski definition) is 4. The molecule has 1 unspecified atom stereocenters. The van der Waals surface area contributed by atoms with Gasteiger partial charge < -0.3 is 19.8 Å². The van der Waals surface area contributed by atoms with Gasteiger partial charge in [0, 0.05) is 12.5 Å². The van der Waals surface area contributed by atoms with Crippen molar-refractivity contribution >= 4 is 29.3 Å². The molecule has 1 saturated heterocycles. The number of nitrogens with one attached hydrogen (secondary N) is 2. The molecule has 0 spiro atoms. The Morgan fingerprint density at radius 1 is 1.35 bits per heavy atom. The predicted molar refractivity (Wildman–Crippen MR) is 91.9 cm³/mol. The molecule has 2 aromatic rings. The fourth-order valence-electron chi connectivity index (χ4n) is 2.97. The Bertz CT molecular complexity index is 632. The van der Waals surface area contributed by atoms with Gasteiger partial charge in [0.05, 0.1) is 6.04 Å². The number of piperidine rings is 1. The van der Waals surface area contributed by atoms with Gasteiger partial charge in [-0.1, -0.05) is 18.2 Å². The van der Waals surface area contributed by atoms with Gasteiger partial charge in [-0.15, -0.1) is 12.4 Å². The van der Waals surface area contributed by atoms with E-state index < -0.39 is 5.60 Å². The molecule has 5 nitrogen and oxygen atoms in total. The van der Waals surface area contributed by atoms with Gasteiger partial charge in [0.2, 0.25) is 0 Å². The lowest BCUT2D eigenvalue weighted by Gasteiger charge is -2.35. The highest BCUT2D eigenvalue weighted by Crippen LogP contribution is 2.26. The van der Waals surface area contributed by atoms with Crippen LogP contribution in [-0.2, 0) is 9.53 Å². The van der Waals surface area contributed by atoms with Crippen molar-refractivity contribution in [2.75, 3.05) is 20.2 Å². The fraction of sp³-hybridized carbons (Fsp3) is 0.471. The Kier molecular flexibility index (Phi) is 5.68. The Hall–Kier alpha value is -1.56. The third kappa shape index (κ3) is 3.52. The van der Waals surface area contributed by atoms with E-state index in [1.807, 2.05) is 37.3 Å². The highest BCUT2D eigenvalue weighted by molar-refractivity contribution is 5.86. The zero-order valence-corrected chi connectivity index (χ0v) is 14.2. The first-order chi connectivity index (χ1) is 10.6. The average Bonchev–Trinajstić information content (AvgIpc) is 2.99. The number of hydrogen-bond donors (Lipinski definition) is 2. The summed E-state index contributed by atoms with van der Waals surface area (Å²) in [6.45, 7) is 3.51. The smallest absolute Gasteiger partial charge is 0.252 e. The lowest BCUT2D eigenvalue weighted by molar-refractivity contribution is -0.147. The molecule has 2 N–H and O–H groups in total. The van der Waals surface area contributed by atoms with Gasteiger partial charge in [-0.25, -0.2) is 0 Å². The van der Waals surface area contributed by atoms with E-state index in [1.54, 1.807) is 7.11 Å². The van der Waals surface area contributed by atoms with Crippen LogP contribution in [0.3, 0.4) is 0 Å². The summed E-state index contributed by atoms with van der Waals surface area (Å²) >= 11 is 0. The topological polar surface area (TPSA) is 63.5 Å². The summed E-state index contributed by atoms with van der Waals surface area (Å²) in [6, 6.07) is 9.62. The van der Waals surface area contributed by atoms with Crippen LogP contribution < -0.4 is 10.6 Å². The maximum atomic E-state index is 12.6. The minimum Gasteiger partial charge on any atom is -0.459 e. The lowest BCUT2D eigenvalue weighted by Crippen LogP contribution is -2.54. The fourth-order valence-corrected chi connectivity index (χ4v) is 2.97. The first-order valence-electron chi connectivity index (χ1n) is 7.70. The van der Waals surface area contributed by atoms with E-state index in [4.69, 9.17) is 9.15 Å². The molecule has 1 fully saturated rings. The quantitative estimate of drug-likeness (QED) is 0.899. The second kappa shape index (κ2) is 7.34. The van der Waals surface area contributed by atoms with Crippen LogP contribution in [0.15, 0.2) is 34.7 Å². The van der Waals surface area contributed by atoms with Crippen LogP contribution in [0, 0.1) is 0 Å². The number of carbonyl (C=O) groups is 1. The third-order valence-electron chi connectivity index (χ3n) is 4.43. The third-order valence-corrected chi connectivity index (χ3v) is 4.43. The van der Waals surface area contributed by atoms with Crippen molar-refractivity contribution in [2.45, 2.75) is 31.4 Å². The van der Waals surface area contributed by atoms with Crippen LogP contribution in [-0.4, -0.2) is 31.7 Å². The number of rotatable bonds is 4. The lowest BCUT2D eigenvalue weighted by atomic mass is 9.91. The van der Waals surface area contributed by atoms with Crippen LogP contribution in [0.5, 0.6) is 0 Å². The van der Waals surface area contributed by atoms with E-state index in [9.17, 15) is 4.79 Å². The molecule has 1 amide bonds. The van der Waals surface area contributed by atoms with Crippen molar-refractivity contribution in [3.8, 4) is 0 Å². The van der Waals surface area contributed by atoms with E-state index in [1.165, 1.54) is 0 Å². The molecule has 6 heteroatoms. The Morgan fingerprint density at radius 2 is 2.04 bits per heavy atom. The molecule has 3 rings (SSSR count). The monoisotopic (exact) mass is 338 g/mol. The van der Waals surface area contributed by atoms with Crippen molar-refractivity contribution < 1.29 is 13.9 Å². The van der Waals surface area contributed by atoms with Crippen molar-refractivity contribution in [3.05, 3.63) is 36.1 Å². The first-order valence-corrected chi connectivity index (χ1v) is 7.70. The van der Waals surface area contributed by atoms with Crippen LogP contribution in [0.1, 0.15) is 31.6 Å². The molecular formula is C17H23ClN2O3. The van der Waals surface area contributed by atoms with Gasteiger partial charge >= 0.3 is 0 Å². The van der Waals surface area contributed by atoms with E-state index >= 15 is 0 Å². The molecule has 1 aliphatic heterocycles. The number of furan rings is 1. The molecular weight excluding hydrogens is 316 g/mol. The number of amides is 1. The summed E-state index contributed by atoms with van der Waals surface area (Å²) in [5, 5.41) is 7.33. The highest BCUT2D eigenvalue weighted by Gasteiger charge is 2.40. The minimum atomic E-state index is -0.731. The molecule has 0 aliphatic carbocycles. The number of para-hydroxylation sites is 1. The summed E-state index contributed by atoms with van der Waals surface area (Å²) in [5.41, 5.74) is 0.104. The van der Waals surface area contributed by atoms with Crippen LogP contribution >= 0.6 is 12.4 Å². The van der Waals surface area contributed by atoms with E-state index in [2.05, 4.69) is 10.6 Å². The van der Waals surface area contributed by atoms with Gasteiger partial charge in [-0.05, 0) is 45.0 Å². The second-order valence-corrected chi connectivity index (χ2v) is 5.83.